The molecule has 3 nitrogen and oxygen atoms in total. The molecule has 106 valence electrons. The number of aryl methyl sites for hydroxylation is 1. The summed E-state index contributed by atoms with van der Waals surface area (Å²) in [4.78, 5) is 11.8. The second kappa shape index (κ2) is 7.62. The standard InChI is InChI=1S/C15H23O3P/c1-13(15(16)12-18-19(2,3)17)8-7-11-14-9-5-4-6-10-14/h4-6,9-10,13H,7-8,11-12H2,1-3H3. The van der Waals surface area contributed by atoms with E-state index in [1.165, 1.54) is 18.9 Å². The van der Waals surface area contributed by atoms with Crippen LogP contribution in [0.2, 0.25) is 0 Å². The van der Waals surface area contributed by atoms with E-state index in [1.807, 2.05) is 25.1 Å². The molecule has 0 bridgehead atoms. The summed E-state index contributed by atoms with van der Waals surface area (Å²) in [6.45, 7) is 4.93. The largest absolute Gasteiger partial charge is 0.321 e. The van der Waals surface area contributed by atoms with E-state index in [0.717, 1.165) is 19.3 Å². The van der Waals surface area contributed by atoms with Crippen molar-refractivity contribution in [2.24, 2.45) is 5.92 Å². The van der Waals surface area contributed by atoms with E-state index in [1.54, 1.807) is 0 Å². The van der Waals surface area contributed by atoms with Crippen LogP contribution in [0.5, 0.6) is 0 Å². The molecular weight excluding hydrogens is 259 g/mol. The average Bonchev–Trinajstić information content (AvgIpc) is 2.36. The highest BCUT2D eigenvalue weighted by Gasteiger charge is 2.16. The van der Waals surface area contributed by atoms with Crippen LogP contribution >= 0.6 is 7.37 Å². The lowest BCUT2D eigenvalue weighted by atomic mass is 9.98. The summed E-state index contributed by atoms with van der Waals surface area (Å²) < 4.78 is 16.4. The van der Waals surface area contributed by atoms with Crippen molar-refractivity contribution in [3.05, 3.63) is 35.9 Å². The Morgan fingerprint density at radius 3 is 2.47 bits per heavy atom. The topological polar surface area (TPSA) is 43.4 Å². The molecule has 4 heteroatoms. The van der Waals surface area contributed by atoms with E-state index in [2.05, 4.69) is 12.1 Å². The smallest absolute Gasteiger partial charge is 0.197 e. The SMILES string of the molecule is CC(CCCc1ccccc1)C(=O)COP(C)(C)=O. The number of Topliss-reactive ketones (excluding diaryl/α,β-unsaturated/α-hetero) is 1. The second-order valence-electron chi connectivity index (χ2n) is 5.27. The van der Waals surface area contributed by atoms with E-state index in [4.69, 9.17) is 4.52 Å². The number of rotatable bonds is 8. The van der Waals surface area contributed by atoms with Crippen molar-refractivity contribution in [1.29, 1.82) is 0 Å². The van der Waals surface area contributed by atoms with Crippen LogP contribution < -0.4 is 0 Å². The molecule has 0 heterocycles. The van der Waals surface area contributed by atoms with Gasteiger partial charge in [-0.1, -0.05) is 37.3 Å². The maximum atomic E-state index is 11.8. The monoisotopic (exact) mass is 282 g/mol. The summed E-state index contributed by atoms with van der Waals surface area (Å²) in [6.07, 6.45) is 2.81. The molecule has 0 spiro atoms. The van der Waals surface area contributed by atoms with E-state index >= 15 is 0 Å². The molecule has 19 heavy (non-hydrogen) atoms. The maximum Gasteiger partial charge on any atom is 0.197 e. The van der Waals surface area contributed by atoms with Crippen LogP contribution in [0.4, 0.5) is 0 Å². The van der Waals surface area contributed by atoms with Crippen LogP contribution in [0.3, 0.4) is 0 Å². The molecule has 0 aliphatic carbocycles. The van der Waals surface area contributed by atoms with Crippen LogP contribution in [0.1, 0.15) is 25.3 Å². The average molecular weight is 282 g/mol. The molecular formula is C15H23O3P. The molecule has 0 saturated carbocycles. The van der Waals surface area contributed by atoms with Crippen molar-refractivity contribution in [2.75, 3.05) is 19.9 Å². The molecule has 0 aliphatic heterocycles. The highest BCUT2D eigenvalue weighted by atomic mass is 31.2. The van der Waals surface area contributed by atoms with Gasteiger partial charge in [-0.3, -0.25) is 9.36 Å². The van der Waals surface area contributed by atoms with Crippen molar-refractivity contribution >= 4 is 13.2 Å². The zero-order chi connectivity index (χ0) is 14.3. The molecule has 0 aromatic heterocycles. The Labute approximate surface area is 115 Å². The van der Waals surface area contributed by atoms with Gasteiger partial charge in [-0.15, -0.1) is 0 Å². The summed E-state index contributed by atoms with van der Waals surface area (Å²) in [7, 11) is -2.55. The summed E-state index contributed by atoms with van der Waals surface area (Å²) in [5.74, 6) is 0.00671. The first-order valence-electron chi connectivity index (χ1n) is 6.64. The van der Waals surface area contributed by atoms with Crippen LogP contribution in [0, 0.1) is 5.92 Å². The Hall–Kier alpha value is -0.920. The van der Waals surface area contributed by atoms with Crippen molar-refractivity contribution in [3.63, 3.8) is 0 Å². The van der Waals surface area contributed by atoms with E-state index in [0.29, 0.717) is 0 Å². The fourth-order valence-corrected chi connectivity index (χ4v) is 2.22. The van der Waals surface area contributed by atoms with Crippen LogP contribution in [0.25, 0.3) is 0 Å². The van der Waals surface area contributed by atoms with Gasteiger partial charge < -0.3 is 4.52 Å². The highest BCUT2D eigenvalue weighted by Crippen LogP contribution is 2.37. The highest BCUT2D eigenvalue weighted by molar-refractivity contribution is 7.57. The number of hydrogen-bond donors (Lipinski definition) is 0. The van der Waals surface area contributed by atoms with E-state index < -0.39 is 7.37 Å². The molecule has 1 atom stereocenters. The number of benzene rings is 1. The van der Waals surface area contributed by atoms with Gasteiger partial charge >= 0.3 is 0 Å². The molecule has 1 rings (SSSR count). The third-order valence-electron chi connectivity index (χ3n) is 3.01. The molecule has 0 fully saturated rings. The minimum atomic E-state index is -2.55. The molecule has 0 amide bonds. The molecule has 1 unspecified atom stereocenters. The number of carbonyl (C=O) groups is 1. The molecule has 0 saturated heterocycles. The fraction of sp³-hybridized carbons (Fsp3) is 0.533. The van der Waals surface area contributed by atoms with Gasteiger partial charge in [0.25, 0.3) is 0 Å². The van der Waals surface area contributed by atoms with Crippen molar-refractivity contribution < 1.29 is 13.9 Å². The lowest BCUT2D eigenvalue weighted by Gasteiger charge is -2.12. The van der Waals surface area contributed by atoms with Crippen molar-refractivity contribution in [2.45, 2.75) is 26.2 Å². The maximum absolute atomic E-state index is 11.8. The molecule has 0 aliphatic rings. The van der Waals surface area contributed by atoms with E-state index in [-0.39, 0.29) is 18.3 Å². The lowest BCUT2D eigenvalue weighted by molar-refractivity contribution is -0.124. The zero-order valence-corrected chi connectivity index (χ0v) is 12.9. The van der Waals surface area contributed by atoms with Gasteiger partial charge in [0.15, 0.2) is 13.2 Å². The Morgan fingerprint density at radius 2 is 1.89 bits per heavy atom. The first-order valence-corrected chi connectivity index (χ1v) is 9.16. The predicted octanol–water partition coefficient (Wildman–Crippen LogP) is 3.77. The predicted molar refractivity (Wildman–Crippen MR) is 79.0 cm³/mol. The molecule has 0 radical (unpaired) electrons. The first kappa shape index (κ1) is 16.1. The molecule has 0 N–H and O–H groups in total. The Balaban J connectivity index is 2.25. The Bertz CT molecular complexity index is 436. The normalized spacial score (nSPS) is 13.2. The van der Waals surface area contributed by atoms with Crippen molar-refractivity contribution in [3.8, 4) is 0 Å². The quantitative estimate of drug-likeness (QED) is 0.682. The Morgan fingerprint density at radius 1 is 1.26 bits per heavy atom. The minimum Gasteiger partial charge on any atom is -0.321 e. The van der Waals surface area contributed by atoms with Gasteiger partial charge in [-0.25, -0.2) is 0 Å². The van der Waals surface area contributed by atoms with Gasteiger partial charge in [0.05, 0.1) is 0 Å². The molecule has 1 aromatic carbocycles. The summed E-state index contributed by atoms with van der Waals surface area (Å²) in [5.41, 5.74) is 1.30. The van der Waals surface area contributed by atoms with Gasteiger partial charge in [0.2, 0.25) is 0 Å². The second-order valence-corrected chi connectivity index (χ2v) is 8.03. The van der Waals surface area contributed by atoms with Gasteiger partial charge in [-0.2, -0.15) is 0 Å². The number of hydrogen-bond acceptors (Lipinski definition) is 3. The van der Waals surface area contributed by atoms with Crippen LogP contribution in [-0.4, -0.2) is 25.7 Å². The number of carbonyl (C=O) groups excluding carboxylic acids is 1. The lowest BCUT2D eigenvalue weighted by Crippen LogP contribution is -2.16. The van der Waals surface area contributed by atoms with Gasteiger partial charge in [0.1, 0.15) is 6.61 Å². The first-order chi connectivity index (χ1) is 8.88. The van der Waals surface area contributed by atoms with Crippen LogP contribution in [0.15, 0.2) is 30.3 Å². The summed E-state index contributed by atoms with van der Waals surface area (Å²) in [6, 6.07) is 10.2. The third kappa shape index (κ3) is 7.29. The summed E-state index contributed by atoms with van der Waals surface area (Å²) >= 11 is 0. The summed E-state index contributed by atoms with van der Waals surface area (Å²) in [5, 5.41) is 0. The number of ketones is 1. The van der Waals surface area contributed by atoms with Gasteiger partial charge in [-0.05, 0) is 24.8 Å². The van der Waals surface area contributed by atoms with Crippen LogP contribution in [-0.2, 0) is 20.3 Å². The minimum absolute atomic E-state index is 0.0310. The third-order valence-corrected chi connectivity index (χ3v) is 3.76. The zero-order valence-electron chi connectivity index (χ0n) is 12.0. The fourth-order valence-electron chi connectivity index (χ4n) is 1.78. The van der Waals surface area contributed by atoms with Crippen molar-refractivity contribution in [1.82, 2.24) is 0 Å². The Kier molecular flexibility index (Phi) is 6.47. The molecule has 1 aromatic rings. The van der Waals surface area contributed by atoms with E-state index in [9.17, 15) is 9.36 Å². The van der Waals surface area contributed by atoms with Gasteiger partial charge in [0, 0.05) is 19.2 Å².